The number of fused-ring (bicyclic) bond motifs is 1. The maximum absolute atomic E-state index is 6.36. The summed E-state index contributed by atoms with van der Waals surface area (Å²) < 4.78 is 2.41. The molecule has 0 spiro atoms. The lowest BCUT2D eigenvalue weighted by Gasteiger charge is -2.25. The Balaban J connectivity index is 2.09. The third-order valence-corrected chi connectivity index (χ3v) is 4.78. The van der Waals surface area contributed by atoms with Gasteiger partial charge in [0.2, 0.25) is 0 Å². The van der Waals surface area contributed by atoms with Crippen molar-refractivity contribution in [3.05, 3.63) is 57.9 Å². The van der Waals surface area contributed by atoms with Gasteiger partial charge in [0, 0.05) is 22.5 Å². The van der Waals surface area contributed by atoms with Crippen LogP contribution in [0.4, 0.5) is 0 Å². The Kier molecular flexibility index (Phi) is 3.61. The number of nitrogens with two attached hydrogens (primary N) is 1. The molecule has 0 radical (unpaired) electrons. The standard InChI is InChI=1S/C17H21ClN2/c1-11-10-14-16(19)8-5-9-17(14)20(11)12(2)13-6-3-4-7-15(13)18/h3-4,6-7,10,12,16H,5,8-9,19H2,1-2H3. The largest absolute Gasteiger partial charge is 0.341 e. The summed E-state index contributed by atoms with van der Waals surface area (Å²) in [4.78, 5) is 0. The van der Waals surface area contributed by atoms with Crippen LogP contribution in [0.5, 0.6) is 0 Å². The average molecular weight is 289 g/mol. The van der Waals surface area contributed by atoms with Crippen molar-refractivity contribution in [2.75, 3.05) is 0 Å². The molecular weight excluding hydrogens is 268 g/mol. The number of nitrogens with zero attached hydrogens (tertiary/aromatic N) is 1. The Morgan fingerprint density at radius 1 is 1.35 bits per heavy atom. The molecule has 2 unspecified atom stereocenters. The first-order chi connectivity index (χ1) is 9.59. The van der Waals surface area contributed by atoms with Crippen LogP contribution in [-0.2, 0) is 6.42 Å². The molecule has 1 aromatic carbocycles. The van der Waals surface area contributed by atoms with E-state index < -0.39 is 0 Å². The SMILES string of the molecule is Cc1cc2c(n1C(C)c1ccccc1Cl)CCCC2N. The zero-order chi connectivity index (χ0) is 14.3. The Morgan fingerprint density at radius 3 is 2.85 bits per heavy atom. The van der Waals surface area contributed by atoms with Crippen LogP contribution >= 0.6 is 11.6 Å². The molecule has 0 saturated carbocycles. The van der Waals surface area contributed by atoms with E-state index in [2.05, 4.69) is 36.6 Å². The van der Waals surface area contributed by atoms with Gasteiger partial charge in [-0.15, -0.1) is 0 Å². The monoisotopic (exact) mass is 288 g/mol. The minimum atomic E-state index is 0.192. The normalized spacial score (nSPS) is 19.7. The lowest BCUT2D eigenvalue weighted by molar-refractivity contribution is 0.522. The van der Waals surface area contributed by atoms with Crippen molar-refractivity contribution in [3.8, 4) is 0 Å². The van der Waals surface area contributed by atoms with Crippen LogP contribution in [0.25, 0.3) is 0 Å². The molecule has 2 atom stereocenters. The average Bonchev–Trinajstić information content (AvgIpc) is 2.76. The summed E-state index contributed by atoms with van der Waals surface area (Å²) >= 11 is 6.36. The number of hydrogen-bond acceptors (Lipinski definition) is 1. The van der Waals surface area contributed by atoms with Gasteiger partial charge >= 0.3 is 0 Å². The molecule has 2 nitrogen and oxygen atoms in total. The molecule has 3 rings (SSSR count). The summed E-state index contributed by atoms with van der Waals surface area (Å²) in [5.74, 6) is 0. The molecular formula is C17H21ClN2. The number of aryl methyl sites for hydroxylation is 1. The second-order valence-corrected chi connectivity index (χ2v) is 6.16. The van der Waals surface area contributed by atoms with E-state index in [0.29, 0.717) is 0 Å². The lowest BCUT2D eigenvalue weighted by Crippen LogP contribution is -2.20. The molecule has 1 aromatic heterocycles. The molecule has 1 aliphatic rings. The summed E-state index contributed by atoms with van der Waals surface area (Å²) in [6, 6.07) is 10.8. The van der Waals surface area contributed by atoms with Crippen LogP contribution in [-0.4, -0.2) is 4.57 Å². The molecule has 0 bridgehead atoms. The van der Waals surface area contributed by atoms with Crippen molar-refractivity contribution in [2.24, 2.45) is 5.73 Å². The van der Waals surface area contributed by atoms with Gasteiger partial charge < -0.3 is 10.3 Å². The molecule has 106 valence electrons. The van der Waals surface area contributed by atoms with Crippen LogP contribution in [0.1, 0.15) is 54.4 Å². The van der Waals surface area contributed by atoms with Crippen LogP contribution in [0.3, 0.4) is 0 Å². The highest BCUT2D eigenvalue weighted by molar-refractivity contribution is 6.31. The Hall–Kier alpha value is -1.25. The van der Waals surface area contributed by atoms with Crippen LogP contribution in [0.15, 0.2) is 30.3 Å². The second-order valence-electron chi connectivity index (χ2n) is 5.75. The molecule has 0 saturated heterocycles. The topological polar surface area (TPSA) is 30.9 Å². The highest BCUT2D eigenvalue weighted by Crippen LogP contribution is 2.35. The molecule has 2 aromatic rings. The molecule has 0 amide bonds. The molecule has 3 heteroatoms. The quantitative estimate of drug-likeness (QED) is 0.873. The van der Waals surface area contributed by atoms with Gasteiger partial charge in [-0.3, -0.25) is 0 Å². The molecule has 20 heavy (non-hydrogen) atoms. The smallest absolute Gasteiger partial charge is 0.0571 e. The number of benzene rings is 1. The number of hydrogen-bond donors (Lipinski definition) is 1. The van der Waals surface area contributed by atoms with E-state index in [1.807, 2.05) is 12.1 Å². The third kappa shape index (κ3) is 2.17. The van der Waals surface area contributed by atoms with Crippen molar-refractivity contribution < 1.29 is 0 Å². The molecule has 1 aliphatic carbocycles. The van der Waals surface area contributed by atoms with Gasteiger partial charge in [-0.05, 0) is 56.4 Å². The van der Waals surface area contributed by atoms with Crippen molar-refractivity contribution in [2.45, 2.75) is 45.2 Å². The lowest BCUT2D eigenvalue weighted by atomic mass is 9.93. The first-order valence-corrected chi connectivity index (χ1v) is 7.68. The van der Waals surface area contributed by atoms with Gasteiger partial charge in [-0.2, -0.15) is 0 Å². The van der Waals surface area contributed by atoms with E-state index in [1.165, 1.54) is 28.9 Å². The highest BCUT2D eigenvalue weighted by atomic mass is 35.5. The fourth-order valence-corrected chi connectivity index (χ4v) is 3.75. The highest BCUT2D eigenvalue weighted by Gasteiger charge is 2.25. The maximum Gasteiger partial charge on any atom is 0.0571 e. The van der Waals surface area contributed by atoms with E-state index >= 15 is 0 Å². The number of aromatic nitrogens is 1. The van der Waals surface area contributed by atoms with Gasteiger partial charge in [-0.25, -0.2) is 0 Å². The van der Waals surface area contributed by atoms with Crippen molar-refractivity contribution >= 4 is 11.6 Å². The van der Waals surface area contributed by atoms with Crippen molar-refractivity contribution in [1.29, 1.82) is 0 Å². The summed E-state index contributed by atoms with van der Waals surface area (Å²) in [6.45, 7) is 4.38. The van der Waals surface area contributed by atoms with Crippen LogP contribution in [0, 0.1) is 6.92 Å². The van der Waals surface area contributed by atoms with Crippen LogP contribution in [0.2, 0.25) is 5.02 Å². The van der Waals surface area contributed by atoms with Crippen molar-refractivity contribution in [3.63, 3.8) is 0 Å². The van der Waals surface area contributed by atoms with E-state index in [1.54, 1.807) is 0 Å². The maximum atomic E-state index is 6.36. The zero-order valence-corrected chi connectivity index (χ0v) is 12.8. The van der Waals surface area contributed by atoms with Gasteiger partial charge in [0.25, 0.3) is 0 Å². The van der Waals surface area contributed by atoms with Crippen LogP contribution < -0.4 is 5.73 Å². The molecule has 1 heterocycles. The Labute approximate surface area is 125 Å². The molecule has 0 aliphatic heterocycles. The van der Waals surface area contributed by atoms with E-state index in [-0.39, 0.29) is 12.1 Å². The first kappa shape index (κ1) is 13.7. The third-order valence-electron chi connectivity index (χ3n) is 4.44. The van der Waals surface area contributed by atoms with E-state index in [4.69, 9.17) is 17.3 Å². The van der Waals surface area contributed by atoms with Gasteiger partial charge in [0.05, 0.1) is 6.04 Å². The minimum absolute atomic E-state index is 0.192. The summed E-state index contributed by atoms with van der Waals surface area (Å²) in [7, 11) is 0. The summed E-state index contributed by atoms with van der Waals surface area (Å²) in [6.07, 6.45) is 3.38. The summed E-state index contributed by atoms with van der Waals surface area (Å²) in [5.41, 5.74) is 11.4. The number of rotatable bonds is 2. The minimum Gasteiger partial charge on any atom is -0.341 e. The predicted molar refractivity (Wildman–Crippen MR) is 84.3 cm³/mol. The Morgan fingerprint density at radius 2 is 2.10 bits per heavy atom. The zero-order valence-electron chi connectivity index (χ0n) is 12.1. The predicted octanol–water partition coefficient (Wildman–Crippen LogP) is 4.40. The van der Waals surface area contributed by atoms with Crippen molar-refractivity contribution in [1.82, 2.24) is 4.57 Å². The van der Waals surface area contributed by atoms with E-state index in [9.17, 15) is 0 Å². The number of halogens is 1. The first-order valence-electron chi connectivity index (χ1n) is 7.30. The fraction of sp³-hybridized carbons (Fsp3) is 0.412. The van der Waals surface area contributed by atoms with Gasteiger partial charge in [0.1, 0.15) is 0 Å². The van der Waals surface area contributed by atoms with Gasteiger partial charge in [0.15, 0.2) is 0 Å². The second kappa shape index (κ2) is 5.27. The summed E-state index contributed by atoms with van der Waals surface area (Å²) in [5, 5.41) is 0.835. The fourth-order valence-electron chi connectivity index (χ4n) is 3.45. The molecule has 2 N–H and O–H groups in total. The van der Waals surface area contributed by atoms with E-state index in [0.717, 1.165) is 17.9 Å². The molecule has 0 fully saturated rings. The Bertz CT molecular complexity index is 630. The van der Waals surface area contributed by atoms with Gasteiger partial charge in [-0.1, -0.05) is 29.8 Å².